The normalized spacial score (nSPS) is 14.4. The monoisotopic (exact) mass is 549 g/mol. The van der Waals surface area contributed by atoms with E-state index in [1.807, 2.05) is 6.07 Å². The van der Waals surface area contributed by atoms with Gasteiger partial charge in [-0.25, -0.2) is 9.59 Å². The highest BCUT2D eigenvalue weighted by Gasteiger charge is 2.33. The second-order valence-electron chi connectivity index (χ2n) is 10.8. The predicted molar refractivity (Wildman–Crippen MR) is 144 cm³/mol. The Morgan fingerprint density at radius 3 is 2.03 bits per heavy atom. The predicted octanol–water partition coefficient (Wildman–Crippen LogP) is 3.16. The van der Waals surface area contributed by atoms with Gasteiger partial charge >= 0.3 is 18.0 Å². The molecule has 0 fully saturated rings. The zero-order chi connectivity index (χ0) is 29.8. The molecule has 11 heteroatoms. The van der Waals surface area contributed by atoms with E-state index in [9.17, 15) is 29.1 Å². The molecule has 218 valence electrons. The van der Waals surface area contributed by atoms with Gasteiger partial charge in [0.15, 0.2) is 0 Å². The molecular weight excluding hydrogens is 506 g/mol. The second-order valence-corrected chi connectivity index (χ2v) is 10.8. The Balaban J connectivity index is 3.00. The van der Waals surface area contributed by atoms with Crippen molar-refractivity contribution in [2.45, 2.75) is 98.1 Å². The van der Waals surface area contributed by atoms with Crippen molar-refractivity contribution in [1.82, 2.24) is 16.0 Å². The first kappa shape index (κ1) is 33.4. The van der Waals surface area contributed by atoms with E-state index in [2.05, 4.69) is 16.0 Å². The lowest BCUT2D eigenvalue weighted by molar-refractivity contribution is -0.155. The lowest BCUT2D eigenvalue weighted by Crippen LogP contribution is -2.57. The molecule has 0 aromatic heterocycles. The molecule has 0 radical (unpaired) electrons. The number of carbonyl (C=O) groups excluding carboxylic acids is 4. The number of alkyl carbamates (subject to hydrolysis) is 1. The van der Waals surface area contributed by atoms with Crippen LogP contribution in [0.1, 0.15) is 73.3 Å². The number of esters is 1. The summed E-state index contributed by atoms with van der Waals surface area (Å²) in [5.74, 6) is -3.98. The van der Waals surface area contributed by atoms with Crippen molar-refractivity contribution in [2.75, 3.05) is 0 Å². The maximum Gasteiger partial charge on any atom is 0.408 e. The number of carboxylic acid groups (broad SMARTS) is 1. The van der Waals surface area contributed by atoms with E-state index >= 15 is 0 Å². The molecule has 1 aromatic carbocycles. The Hall–Kier alpha value is -3.63. The van der Waals surface area contributed by atoms with Crippen LogP contribution in [0.2, 0.25) is 0 Å². The summed E-state index contributed by atoms with van der Waals surface area (Å²) in [6, 6.07) is 5.53. The number of rotatable bonds is 14. The van der Waals surface area contributed by atoms with Crippen LogP contribution in [0.5, 0.6) is 0 Å². The van der Waals surface area contributed by atoms with Crippen LogP contribution in [0, 0.1) is 11.8 Å². The Morgan fingerprint density at radius 2 is 1.51 bits per heavy atom. The number of carbonyl (C=O) groups is 5. The zero-order valence-electron chi connectivity index (χ0n) is 23.9. The molecule has 4 N–H and O–H groups in total. The molecular formula is C28H43N3O8. The number of amides is 3. The van der Waals surface area contributed by atoms with E-state index in [0.717, 1.165) is 5.56 Å². The maximum absolute atomic E-state index is 13.2. The quantitative estimate of drug-likeness (QED) is 0.257. The van der Waals surface area contributed by atoms with Gasteiger partial charge in [0.2, 0.25) is 11.8 Å². The second kappa shape index (κ2) is 15.7. The summed E-state index contributed by atoms with van der Waals surface area (Å²) < 4.78 is 10.5. The van der Waals surface area contributed by atoms with Crippen molar-refractivity contribution < 1.29 is 38.6 Å². The van der Waals surface area contributed by atoms with E-state index in [1.165, 1.54) is 0 Å². The van der Waals surface area contributed by atoms with Crippen molar-refractivity contribution >= 4 is 29.8 Å². The first-order valence-electron chi connectivity index (χ1n) is 13.2. The fourth-order valence-corrected chi connectivity index (χ4v) is 3.55. The van der Waals surface area contributed by atoms with Gasteiger partial charge in [-0.05, 0) is 44.6 Å². The van der Waals surface area contributed by atoms with Gasteiger partial charge in [-0.1, -0.05) is 64.4 Å². The van der Waals surface area contributed by atoms with Crippen molar-refractivity contribution in [2.24, 2.45) is 11.8 Å². The van der Waals surface area contributed by atoms with Crippen LogP contribution in [0.3, 0.4) is 0 Å². The average molecular weight is 550 g/mol. The molecule has 0 saturated carbocycles. The van der Waals surface area contributed by atoms with E-state index in [-0.39, 0.29) is 31.3 Å². The largest absolute Gasteiger partial charge is 0.480 e. The lowest BCUT2D eigenvalue weighted by Gasteiger charge is -2.27. The van der Waals surface area contributed by atoms with Crippen LogP contribution in [-0.2, 0) is 35.3 Å². The van der Waals surface area contributed by atoms with E-state index in [1.54, 1.807) is 72.7 Å². The molecule has 39 heavy (non-hydrogen) atoms. The summed E-state index contributed by atoms with van der Waals surface area (Å²) in [4.78, 5) is 62.8. The smallest absolute Gasteiger partial charge is 0.408 e. The SMILES string of the molecule is CCC(C)C(NC(=O)[C@H](CCC(=O)OC(C)(C)C)NC(=O)[C@@H](NC(=O)OCc1ccccc1)C(C)C)C(=O)O. The van der Waals surface area contributed by atoms with Gasteiger partial charge in [-0.2, -0.15) is 0 Å². The molecule has 0 bridgehead atoms. The third-order valence-corrected chi connectivity index (χ3v) is 5.90. The van der Waals surface area contributed by atoms with Gasteiger partial charge in [0.25, 0.3) is 0 Å². The van der Waals surface area contributed by atoms with Gasteiger partial charge in [0, 0.05) is 6.42 Å². The molecule has 2 unspecified atom stereocenters. The number of aliphatic carboxylic acids is 1. The molecule has 0 aliphatic heterocycles. The van der Waals surface area contributed by atoms with Crippen LogP contribution in [0.4, 0.5) is 4.79 Å². The van der Waals surface area contributed by atoms with E-state index in [4.69, 9.17) is 9.47 Å². The highest BCUT2D eigenvalue weighted by atomic mass is 16.6. The fourth-order valence-electron chi connectivity index (χ4n) is 3.55. The van der Waals surface area contributed by atoms with Gasteiger partial charge in [-0.3, -0.25) is 14.4 Å². The average Bonchev–Trinajstić information content (AvgIpc) is 2.85. The summed E-state index contributed by atoms with van der Waals surface area (Å²) in [7, 11) is 0. The summed E-state index contributed by atoms with van der Waals surface area (Å²) >= 11 is 0. The minimum absolute atomic E-state index is 0.00617. The van der Waals surface area contributed by atoms with Crippen molar-refractivity contribution in [3.63, 3.8) is 0 Å². The number of carboxylic acids is 1. The molecule has 1 aromatic rings. The summed E-state index contributed by atoms with van der Waals surface area (Å²) in [6.45, 7) is 12.0. The molecule has 4 atom stereocenters. The van der Waals surface area contributed by atoms with Gasteiger partial charge < -0.3 is 30.5 Å². The minimum atomic E-state index is -1.25. The Labute approximate surface area is 230 Å². The number of hydrogen-bond acceptors (Lipinski definition) is 7. The number of ether oxygens (including phenoxy) is 2. The van der Waals surface area contributed by atoms with Crippen molar-refractivity contribution in [1.29, 1.82) is 0 Å². The van der Waals surface area contributed by atoms with Crippen LogP contribution in [-0.4, -0.2) is 58.7 Å². The highest BCUT2D eigenvalue weighted by molar-refractivity contribution is 5.93. The van der Waals surface area contributed by atoms with Crippen LogP contribution in [0.15, 0.2) is 30.3 Å². The molecule has 1 rings (SSSR count). The molecule has 0 spiro atoms. The van der Waals surface area contributed by atoms with Gasteiger partial charge in [0.1, 0.15) is 30.3 Å². The molecule has 0 aliphatic rings. The highest BCUT2D eigenvalue weighted by Crippen LogP contribution is 2.13. The molecule has 3 amide bonds. The third-order valence-electron chi connectivity index (χ3n) is 5.90. The molecule has 0 heterocycles. The van der Waals surface area contributed by atoms with E-state index in [0.29, 0.717) is 6.42 Å². The van der Waals surface area contributed by atoms with E-state index < -0.39 is 53.6 Å². The number of benzene rings is 1. The molecule has 0 saturated heterocycles. The van der Waals surface area contributed by atoms with Gasteiger partial charge in [-0.15, -0.1) is 0 Å². The first-order chi connectivity index (χ1) is 18.1. The standard InChI is InChI=1S/C28H43N3O8/c1-8-18(4)23(26(35)36)30-24(33)20(14-15-21(32)39-28(5,6)7)29-25(34)22(17(2)3)31-27(37)38-16-19-12-10-9-11-13-19/h9-13,17-18,20,22-23H,8,14-16H2,1-7H3,(H,29,34)(H,30,33)(H,31,37)(H,35,36)/t18?,20-,22-,23?/m0/s1. The Morgan fingerprint density at radius 1 is 0.897 bits per heavy atom. The minimum Gasteiger partial charge on any atom is -0.480 e. The topological polar surface area (TPSA) is 160 Å². The van der Waals surface area contributed by atoms with Crippen LogP contribution >= 0.6 is 0 Å². The number of hydrogen-bond donors (Lipinski definition) is 4. The first-order valence-corrected chi connectivity index (χ1v) is 13.2. The molecule has 0 aliphatic carbocycles. The van der Waals surface area contributed by atoms with Crippen LogP contribution in [0.25, 0.3) is 0 Å². The van der Waals surface area contributed by atoms with Crippen molar-refractivity contribution in [3.05, 3.63) is 35.9 Å². The fraction of sp³-hybridized carbons (Fsp3) is 0.607. The summed E-state index contributed by atoms with van der Waals surface area (Å²) in [5, 5.41) is 17.2. The Bertz CT molecular complexity index is 975. The third kappa shape index (κ3) is 12.6. The lowest BCUT2D eigenvalue weighted by atomic mass is 9.98. The summed E-state index contributed by atoms with van der Waals surface area (Å²) in [5.41, 5.74) is 0.0295. The summed E-state index contributed by atoms with van der Waals surface area (Å²) in [6.07, 6.45) is -0.653. The number of nitrogens with one attached hydrogen (secondary N) is 3. The van der Waals surface area contributed by atoms with Crippen LogP contribution < -0.4 is 16.0 Å². The maximum atomic E-state index is 13.2. The van der Waals surface area contributed by atoms with Crippen molar-refractivity contribution in [3.8, 4) is 0 Å². The molecule has 11 nitrogen and oxygen atoms in total. The zero-order valence-corrected chi connectivity index (χ0v) is 23.9. The van der Waals surface area contributed by atoms with Gasteiger partial charge in [0.05, 0.1) is 0 Å². The Kier molecular flexibility index (Phi) is 13.4.